The summed E-state index contributed by atoms with van der Waals surface area (Å²) in [5.74, 6) is -1.18. The Bertz CT molecular complexity index is 795. The van der Waals surface area contributed by atoms with Crippen molar-refractivity contribution >= 4 is 23.2 Å². The summed E-state index contributed by atoms with van der Waals surface area (Å²) in [5, 5.41) is 11.8. The number of benzene rings is 1. The zero-order valence-electron chi connectivity index (χ0n) is 14.3. The van der Waals surface area contributed by atoms with Crippen molar-refractivity contribution in [2.45, 2.75) is 45.7 Å². The molecule has 0 saturated carbocycles. The summed E-state index contributed by atoms with van der Waals surface area (Å²) in [6, 6.07) is 9.31. The molecule has 25 heavy (non-hydrogen) atoms. The second kappa shape index (κ2) is 8.62. The molecule has 2 rings (SSSR count). The Morgan fingerprint density at radius 2 is 1.92 bits per heavy atom. The lowest BCUT2D eigenvalue weighted by atomic mass is 10.0. The zero-order chi connectivity index (χ0) is 18.4. The van der Waals surface area contributed by atoms with Crippen molar-refractivity contribution in [3.05, 3.63) is 56.1 Å². The van der Waals surface area contributed by atoms with Crippen LogP contribution < -0.4 is 10.2 Å². The van der Waals surface area contributed by atoms with Gasteiger partial charge in [0, 0.05) is 23.0 Å². The summed E-state index contributed by atoms with van der Waals surface area (Å²) in [4.78, 5) is 35.9. The van der Waals surface area contributed by atoms with Gasteiger partial charge in [0.15, 0.2) is 0 Å². The van der Waals surface area contributed by atoms with Gasteiger partial charge in [-0.1, -0.05) is 41.7 Å². The highest BCUT2D eigenvalue weighted by Gasteiger charge is 2.17. The summed E-state index contributed by atoms with van der Waals surface area (Å²) >= 11 is 1.12. The van der Waals surface area contributed by atoms with Crippen molar-refractivity contribution < 1.29 is 14.7 Å². The Kier molecular flexibility index (Phi) is 6.52. The van der Waals surface area contributed by atoms with Crippen LogP contribution in [0.3, 0.4) is 0 Å². The molecule has 0 radical (unpaired) electrons. The maximum atomic E-state index is 12.4. The van der Waals surface area contributed by atoms with Crippen LogP contribution in [0.25, 0.3) is 0 Å². The smallest absolute Gasteiger partial charge is 0.308 e. The number of hydrogen-bond acceptors (Lipinski definition) is 4. The number of carbonyl (C=O) groups is 2. The minimum atomic E-state index is -0.896. The van der Waals surface area contributed by atoms with Crippen LogP contribution in [0.5, 0.6) is 0 Å². The van der Waals surface area contributed by atoms with E-state index in [1.54, 1.807) is 0 Å². The molecule has 0 aliphatic rings. The molecule has 1 amide bonds. The summed E-state index contributed by atoms with van der Waals surface area (Å²) in [7, 11) is 0. The lowest BCUT2D eigenvalue weighted by Crippen LogP contribution is -2.40. The van der Waals surface area contributed by atoms with Crippen molar-refractivity contribution in [1.82, 2.24) is 9.88 Å². The van der Waals surface area contributed by atoms with Crippen molar-refractivity contribution in [3.63, 3.8) is 0 Å². The van der Waals surface area contributed by atoms with Gasteiger partial charge in [-0.3, -0.25) is 19.0 Å². The second-order valence-corrected chi connectivity index (χ2v) is 7.15. The maximum Gasteiger partial charge on any atom is 0.308 e. The van der Waals surface area contributed by atoms with Crippen LogP contribution in [-0.2, 0) is 22.6 Å². The normalized spacial score (nSPS) is 11.9. The highest BCUT2D eigenvalue weighted by molar-refractivity contribution is 7.09. The van der Waals surface area contributed by atoms with Gasteiger partial charge in [0.2, 0.25) is 5.91 Å². The molecule has 0 fully saturated rings. The van der Waals surface area contributed by atoms with Gasteiger partial charge < -0.3 is 10.4 Å². The summed E-state index contributed by atoms with van der Waals surface area (Å²) in [5.41, 5.74) is 1.81. The minimum absolute atomic E-state index is 0.0195. The summed E-state index contributed by atoms with van der Waals surface area (Å²) in [6.07, 6.45) is 0.872. The quantitative estimate of drug-likeness (QED) is 0.753. The molecule has 1 heterocycles. The molecule has 0 bridgehead atoms. The van der Waals surface area contributed by atoms with Crippen LogP contribution >= 0.6 is 11.3 Å². The van der Waals surface area contributed by atoms with E-state index in [-0.39, 0.29) is 29.8 Å². The number of carboxylic acids is 1. The van der Waals surface area contributed by atoms with Crippen molar-refractivity contribution in [2.75, 3.05) is 0 Å². The minimum Gasteiger partial charge on any atom is -0.481 e. The van der Waals surface area contributed by atoms with Crippen LogP contribution in [0.4, 0.5) is 0 Å². The van der Waals surface area contributed by atoms with E-state index in [1.165, 1.54) is 4.57 Å². The Hall–Kier alpha value is -2.41. The van der Waals surface area contributed by atoms with E-state index in [2.05, 4.69) is 5.32 Å². The van der Waals surface area contributed by atoms with E-state index in [0.717, 1.165) is 27.5 Å². The van der Waals surface area contributed by atoms with Crippen molar-refractivity contribution in [3.8, 4) is 0 Å². The van der Waals surface area contributed by atoms with E-state index in [1.807, 2.05) is 44.2 Å². The van der Waals surface area contributed by atoms with E-state index < -0.39 is 5.97 Å². The molecule has 2 N–H and O–H groups in total. The average molecular weight is 362 g/mol. The number of amides is 1. The Labute approximate surface area is 150 Å². The Balaban J connectivity index is 2.05. The first-order valence-corrected chi connectivity index (χ1v) is 8.90. The molecule has 0 spiro atoms. The first kappa shape index (κ1) is 18.9. The number of carbonyl (C=O) groups excluding carboxylic acids is 1. The number of aliphatic carboxylic acids is 1. The topological polar surface area (TPSA) is 88.4 Å². The van der Waals surface area contributed by atoms with Crippen LogP contribution in [0.15, 0.2) is 35.1 Å². The standard InChI is InChI=1S/C18H22N2O4S/c1-12-13(2)25-18(24)20(12)11-16(21)19-15(8-9-17(22)23)10-14-6-4-3-5-7-14/h3-7,15H,8-11H2,1-2H3,(H,19,21)(H,22,23). The molecule has 1 aromatic carbocycles. The first-order valence-electron chi connectivity index (χ1n) is 8.08. The van der Waals surface area contributed by atoms with Gasteiger partial charge in [-0.25, -0.2) is 0 Å². The molecular formula is C18H22N2O4S. The Morgan fingerprint density at radius 3 is 2.48 bits per heavy atom. The van der Waals surface area contributed by atoms with Gasteiger partial charge in [-0.15, -0.1) is 0 Å². The fourth-order valence-electron chi connectivity index (χ4n) is 2.61. The molecule has 0 saturated heterocycles. The molecule has 1 aromatic heterocycles. The number of carboxylic acid groups (broad SMARTS) is 1. The average Bonchev–Trinajstić information content (AvgIpc) is 2.80. The van der Waals surface area contributed by atoms with Gasteiger partial charge in [0.05, 0.1) is 0 Å². The monoisotopic (exact) mass is 362 g/mol. The third-order valence-corrected chi connectivity index (χ3v) is 5.07. The number of nitrogens with zero attached hydrogens (tertiary/aromatic N) is 1. The van der Waals surface area contributed by atoms with Crippen LogP contribution in [0, 0.1) is 13.8 Å². The molecule has 7 heteroatoms. The van der Waals surface area contributed by atoms with Gasteiger partial charge in [-0.05, 0) is 32.3 Å². The first-order chi connectivity index (χ1) is 11.9. The highest BCUT2D eigenvalue weighted by atomic mass is 32.1. The lowest BCUT2D eigenvalue weighted by Gasteiger charge is -2.18. The lowest BCUT2D eigenvalue weighted by molar-refractivity contribution is -0.137. The number of aromatic nitrogens is 1. The van der Waals surface area contributed by atoms with E-state index in [9.17, 15) is 14.4 Å². The van der Waals surface area contributed by atoms with Gasteiger partial charge in [-0.2, -0.15) is 0 Å². The van der Waals surface area contributed by atoms with Gasteiger partial charge >= 0.3 is 10.8 Å². The fraction of sp³-hybridized carbons (Fsp3) is 0.389. The van der Waals surface area contributed by atoms with E-state index >= 15 is 0 Å². The SMILES string of the molecule is Cc1sc(=O)n(CC(=O)NC(CCC(=O)O)Cc2ccccc2)c1C. The molecule has 1 unspecified atom stereocenters. The summed E-state index contributed by atoms with van der Waals surface area (Å²) in [6.45, 7) is 3.61. The molecule has 2 aromatic rings. The van der Waals surface area contributed by atoms with Gasteiger partial charge in [0.25, 0.3) is 0 Å². The fourth-order valence-corrected chi connectivity index (χ4v) is 3.44. The van der Waals surface area contributed by atoms with Crippen LogP contribution in [-0.4, -0.2) is 27.6 Å². The van der Waals surface area contributed by atoms with Crippen LogP contribution in [0.1, 0.15) is 29.0 Å². The van der Waals surface area contributed by atoms with Crippen molar-refractivity contribution in [2.24, 2.45) is 0 Å². The number of aryl methyl sites for hydroxylation is 1. The molecule has 0 aliphatic heterocycles. The second-order valence-electron chi connectivity index (χ2n) is 5.98. The molecule has 1 atom stereocenters. The van der Waals surface area contributed by atoms with E-state index in [0.29, 0.717) is 12.8 Å². The number of nitrogens with one attached hydrogen (secondary N) is 1. The number of hydrogen-bond donors (Lipinski definition) is 2. The number of thiazole rings is 1. The zero-order valence-corrected chi connectivity index (χ0v) is 15.1. The highest BCUT2D eigenvalue weighted by Crippen LogP contribution is 2.10. The molecular weight excluding hydrogens is 340 g/mol. The van der Waals surface area contributed by atoms with Crippen LogP contribution in [0.2, 0.25) is 0 Å². The third kappa shape index (κ3) is 5.56. The molecule has 6 nitrogen and oxygen atoms in total. The Morgan fingerprint density at radius 1 is 1.24 bits per heavy atom. The summed E-state index contributed by atoms with van der Waals surface area (Å²) < 4.78 is 1.45. The largest absolute Gasteiger partial charge is 0.481 e. The van der Waals surface area contributed by atoms with E-state index in [4.69, 9.17) is 5.11 Å². The molecule has 134 valence electrons. The van der Waals surface area contributed by atoms with Crippen molar-refractivity contribution in [1.29, 1.82) is 0 Å². The molecule has 0 aliphatic carbocycles. The van der Waals surface area contributed by atoms with Gasteiger partial charge in [0.1, 0.15) is 6.54 Å². The predicted octanol–water partition coefficient (Wildman–Crippen LogP) is 2.12. The third-order valence-electron chi connectivity index (χ3n) is 4.07. The predicted molar refractivity (Wildman–Crippen MR) is 97.0 cm³/mol. The number of rotatable bonds is 8. The maximum absolute atomic E-state index is 12.4.